The Morgan fingerprint density at radius 3 is 2.63 bits per heavy atom. The summed E-state index contributed by atoms with van der Waals surface area (Å²) < 4.78 is 5.13. The van der Waals surface area contributed by atoms with Crippen LogP contribution in [0.25, 0.3) is 5.57 Å². The number of ether oxygens (including phenoxy) is 1. The van der Waals surface area contributed by atoms with Gasteiger partial charge in [0.1, 0.15) is 5.69 Å². The Kier molecular flexibility index (Phi) is 12.2. The molecular weight excluding hydrogens is 582 g/mol. The summed E-state index contributed by atoms with van der Waals surface area (Å²) in [4.78, 5) is 36.8. The van der Waals surface area contributed by atoms with Crippen molar-refractivity contribution in [1.29, 1.82) is 0 Å². The van der Waals surface area contributed by atoms with Crippen molar-refractivity contribution in [3.63, 3.8) is 0 Å². The summed E-state index contributed by atoms with van der Waals surface area (Å²) >= 11 is 0. The average molecular weight is 630 g/mol. The van der Waals surface area contributed by atoms with Crippen molar-refractivity contribution in [2.45, 2.75) is 58.8 Å². The molecule has 246 valence electrons. The van der Waals surface area contributed by atoms with Crippen LogP contribution in [0.4, 0.5) is 23.0 Å². The maximum Gasteiger partial charge on any atom is 0.294 e. The van der Waals surface area contributed by atoms with Gasteiger partial charge in [-0.15, -0.1) is 0 Å². The topological polar surface area (TPSA) is 135 Å². The number of nitrogens with zero attached hydrogens (tertiary/aromatic N) is 4. The number of likely N-dealkylation sites (N-methyl/N-ethyl adjacent to an activating group) is 1. The molecule has 0 aliphatic heterocycles. The largest absolute Gasteiger partial charge is 0.383 e. The number of hydrogen-bond donors (Lipinski definition) is 3. The maximum atomic E-state index is 13.4. The Balaban J connectivity index is 1.81. The van der Waals surface area contributed by atoms with E-state index in [-0.39, 0.29) is 28.4 Å². The van der Waals surface area contributed by atoms with Crippen LogP contribution < -0.4 is 16.0 Å². The number of aromatic nitrogens is 2. The number of nitro benzene ring substituents is 1. The molecule has 0 fully saturated rings. The second-order valence-corrected chi connectivity index (χ2v) is 11.9. The molecule has 1 amide bonds. The maximum absolute atomic E-state index is 13.4. The molecule has 11 nitrogen and oxygen atoms in total. The number of aryl methyl sites for hydroxylation is 1. The molecule has 1 aromatic heterocycles. The first-order valence-electron chi connectivity index (χ1n) is 16.1. The molecule has 1 aliphatic rings. The van der Waals surface area contributed by atoms with Crippen LogP contribution in [-0.4, -0.2) is 73.1 Å². The van der Waals surface area contributed by atoms with Crippen LogP contribution >= 0.6 is 0 Å². The smallest absolute Gasteiger partial charge is 0.294 e. The third-order valence-electron chi connectivity index (χ3n) is 8.48. The molecule has 1 unspecified atom stereocenters. The van der Waals surface area contributed by atoms with E-state index in [2.05, 4.69) is 53.0 Å². The van der Waals surface area contributed by atoms with E-state index in [1.807, 2.05) is 38.1 Å². The first kappa shape index (κ1) is 34.5. The number of rotatable bonds is 15. The molecule has 0 saturated heterocycles. The van der Waals surface area contributed by atoms with Crippen LogP contribution in [0.2, 0.25) is 0 Å². The molecule has 0 radical (unpaired) electrons. The number of anilines is 3. The predicted molar refractivity (Wildman–Crippen MR) is 184 cm³/mol. The van der Waals surface area contributed by atoms with Gasteiger partial charge in [-0.05, 0) is 87.4 Å². The van der Waals surface area contributed by atoms with Gasteiger partial charge in [-0.25, -0.2) is 9.97 Å². The van der Waals surface area contributed by atoms with Crippen molar-refractivity contribution in [2.75, 3.05) is 58.1 Å². The average Bonchev–Trinajstić information content (AvgIpc) is 3.05. The van der Waals surface area contributed by atoms with Gasteiger partial charge in [0, 0.05) is 44.6 Å². The third kappa shape index (κ3) is 8.27. The Morgan fingerprint density at radius 1 is 1.15 bits per heavy atom. The zero-order valence-electron chi connectivity index (χ0n) is 27.9. The molecule has 2 aromatic carbocycles. The highest BCUT2D eigenvalue weighted by Gasteiger charge is 2.25. The highest BCUT2D eigenvalue weighted by Crippen LogP contribution is 2.38. The fraction of sp³-hybridized carbons (Fsp3) is 0.457. The molecule has 1 aliphatic carbocycles. The third-order valence-corrected chi connectivity index (χ3v) is 8.48. The van der Waals surface area contributed by atoms with Crippen LogP contribution in [0.3, 0.4) is 0 Å². The number of carbonyl (C=O) groups excluding carboxylic acids is 1. The quantitative estimate of drug-likeness (QED) is 0.100. The summed E-state index contributed by atoms with van der Waals surface area (Å²) in [7, 11) is 5.51. The summed E-state index contributed by atoms with van der Waals surface area (Å²) in [6.45, 7) is 8.14. The van der Waals surface area contributed by atoms with E-state index in [0.29, 0.717) is 42.3 Å². The van der Waals surface area contributed by atoms with Crippen LogP contribution in [0.1, 0.15) is 84.3 Å². The molecule has 1 heterocycles. The van der Waals surface area contributed by atoms with Gasteiger partial charge in [0.25, 0.3) is 11.6 Å². The lowest BCUT2D eigenvalue weighted by Gasteiger charge is -2.22. The number of amides is 1. The van der Waals surface area contributed by atoms with E-state index in [0.717, 1.165) is 55.3 Å². The van der Waals surface area contributed by atoms with Crippen molar-refractivity contribution in [2.24, 2.45) is 0 Å². The first-order chi connectivity index (χ1) is 22.2. The number of nitrogens with one attached hydrogen (secondary N) is 3. The van der Waals surface area contributed by atoms with Gasteiger partial charge in [-0.3, -0.25) is 14.9 Å². The van der Waals surface area contributed by atoms with E-state index in [1.165, 1.54) is 17.3 Å². The summed E-state index contributed by atoms with van der Waals surface area (Å²) in [5.74, 6) is 0.0524. The second kappa shape index (κ2) is 16.3. The van der Waals surface area contributed by atoms with Gasteiger partial charge >= 0.3 is 0 Å². The highest BCUT2D eigenvalue weighted by atomic mass is 16.6. The number of fused-ring (bicyclic) bond motifs is 1. The number of allylic oxidation sites excluding steroid dienone is 1. The standard InChI is InChI=1S/C35H47N7O4/c1-7-23(3)28-20-31(36-16-18-41(4)5)32(42(44)45)21-30(28)39-35-38-22-29(34(43)37-17-19-46-6)33(40-35)25(8-2)27-15-11-13-24-12-9-10-14-26(24)27/h8,11,13,15,20-23,36H,7,9-10,12,14,16-19H2,1-6H3,(H,37,43)(H,38,39,40)/b25-8+. The summed E-state index contributed by atoms with van der Waals surface area (Å²) in [6.07, 6.45) is 8.61. The lowest BCUT2D eigenvalue weighted by Crippen LogP contribution is -2.28. The minimum absolute atomic E-state index is 0.0345. The molecule has 1 atom stereocenters. The summed E-state index contributed by atoms with van der Waals surface area (Å²) in [6, 6.07) is 9.74. The zero-order chi connectivity index (χ0) is 33.2. The second-order valence-electron chi connectivity index (χ2n) is 11.9. The Bertz CT molecular complexity index is 1570. The Hall–Kier alpha value is -4.35. The van der Waals surface area contributed by atoms with Crippen molar-refractivity contribution in [3.8, 4) is 0 Å². The molecule has 0 spiro atoms. The summed E-state index contributed by atoms with van der Waals surface area (Å²) in [5.41, 5.74) is 7.26. The van der Waals surface area contributed by atoms with Gasteiger partial charge in [-0.2, -0.15) is 0 Å². The number of methoxy groups -OCH3 is 1. The normalized spacial score (nSPS) is 13.7. The predicted octanol–water partition coefficient (Wildman–Crippen LogP) is 6.32. The van der Waals surface area contributed by atoms with Crippen molar-refractivity contribution in [3.05, 3.63) is 86.2 Å². The van der Waals surface area contributed by atoms with Crippen LogP contribution in [0, 0.1) is 10.1 Å². The minimum atomic E-state index is -0.375. The van der Waals surface area contributed by atoms with Crippen LogP contribution in [-0.2, 0) is 17.6 Å². The molecular formula is C35H47N7O4. The van der Waals surface area contributed by atoms with Crippen molar-refractivity contribution in [1.82, 2.24) is 20.2 Å². The lowest BCUT2D eigenvalue weighted by molar-refractivity contribution is -0.383. The van der Waals surface area contributed by atoms with Gasteiger partial charge in [0.15, 0.2) is 0 Å². The van der Waals surface area contributed by atoms with Gasteiger partial charge < -0.3 is 25.6 Å². The van der Waals surface area contributed by atoms with Crippen LogP contribution in [0.15, 0.2) is 42.6 Å². The minimum Gasteiger partial charge on any atom is -0.383 e. The van der Waals surface area contributed by atoms with Gasteiger partial charge in [0.05, 0.1) is 28.5 Å². The molecule has 11 heteroatoms. The van der Waals surface area contributed by atoms with E-state index in [9.17, 15) is 14.9 Å². The lowest BCUT2D eigenvalue weighted by atomic mass is 9.84. The van der Waals surface area contributed by atoms with Crippen LogP contribution in [0.5, 0.6) is 0 Å². The van der Waals surface area contributed by atoms with E-state index in [4.69, 9.17) is 9.72 Å². The SMILES string of the molecule is C/C=C(\c1cccc2c1CCCC2)c1nc(Nc2cc([N+](=O)[O-])c(NCCN(C)C)cc2C(C)CC)ncc1C(=O)NCCOC. The Morgan fingerprint density at radius 2 is 1.93 bits per heavy atom. The molecule has 0 bridgehead atoms. The summed E-state index contributed by atoms with van der Waals surface area (Å²) in [5, 5.41) is 21.6. The van der Waals surface area contributed by atoms with Crippen molar-refractivity contribution >= 4 is 34.5 Å². The number of nitro groups is 1. The number of carbonyl (C=O) groups is 1. The van der Waals surface area contributed by atoms with E-state index >= 15 is 0 Å². The monoisotopic (exact) mass is 629 g/mol. The van der Waals surface area contributed by atoms with Gasteiger partial charge in [0.2, 0.25) is 5.95 Å². The molecule has 3 N–H and O–H groups in total. The van der Waals surface area contributed by atoms with E-state index < -0.39 is 0 Å². The fourth-order valence-electron chi connectivity index (χ4n) is 5.80. The molecule has 0 saturated carbocycles. The molecule has 3 aromatic rings. The molecule has 46 heavy (non-hydrogen) atoms. The van der Waals surface area contributed by atoms with Gasteiger partial charge in [-0.1, -0.05) is 38.1 Å². The molecule has 4 rings (SSSR count). The Labute approximate surface area is 272 Å². The number of benzene rings is 2. The highest BCUT2D eigenvalue weighted by molar-refractivity contribution is 6.00. The van der Waals surface area contributed by atoms with E-state index in [1.54, 1.807) is 13.2 Å². The van der Waals surface area contributed by atoms with Crippen molar-refractivity contribution < 1.29 is 14.5 Å². The zero-order valence-corrected chi connectivity index (χ0v) is 27.9. The first-order valence-corrected chi connectivity index (χ1v) is 16.1. The fourth-order valence-corrected chi connectivity index (χ4v) is 5.80. The number of hydrogen-bond acceptors (Lipinski definition) is 9.